The third-order valence-corrected chi connectivity index (χ3v) is 4.35. The third-order valence-electron chi connectivity index (χ3n) is 3.17. The van der Waals surface area contributed by atoms with Gasteiger partial charge in [-0.3, -0.25) is 4.72 Å². The molecule has 0 heterocycles. The highest BCUT2D eigenvalue weighted by Crippen LogP contribution is 2.31. The topological polar surface area (TPSA) is 41.1 Å². The largest absolute Gasteiger partial charge is 0.416 e. The van der Waals surface area contributed by atoms with E-state index in [1.165, 1.54) is 18.2 Å². The van der Waals surface area contributed by atoms with E-state index < -0.39 is 17.8 Å². The van der Waals surface area contributed by atoms with Crippen LogP contribution in [0.3, 0.4) is 0 Å². The number of urea groups is 1. The van der Waals surface area contributed by atoms with Crippen molar-refractivity contribution in [2.45, 2.75) is 24.5 Å². The summed E-state index contributed by atoms with van der Waals surface area (Å²) in [5.74, 6) is 0. The summed E-state index contributed by atoms with van der Waals surface area (Å²) in [5, 5.41) is 2.97. The lowest BCUT2D eigenvalue weighted by molar-refractivity contribution is -0.138. The number of halogens is 4. The van der Waals surface area contributed by atoms with Crippen LogP contribution in [0.25, 0.3) is 0 Å². The maximum atomic E-state index is 12.9. The quantitative estimate of drug-likeness (QED) is 0.724. The number of aryl methyl sites for hydroxylation is 1. The first kappa shape index (κ1) is 18.5. The van der Waals surface area contributed by atoms with Gasteiger partial charge in [0.15, 0.2) is 0 Å². The minimum Gasteiger partial charge on any atom is -0.333 e. The lowest BCUT2D eigenvalue weighted by Crippen LogP contribution is -2.31. The number of benzene rings is 2. The first-order chi connectivity index (χ1) is 11.3. The van der Waals surface area contributed by atoms with Crippen molar-refractivity contribution in [1.82, 2.24) is 10.0 Å². The van der Waals surface area contributed by atoms with Gasteiger partial charge >= 0.3 is 12.2 Å². The van der Waals surface area contributed by atoms with Gasteiger partial charge in [0.05, 0.1) is 5.56 Å². The molecule has 0 saturated heterocycles. The van der Waals surface area contributed by atoms with E-state index >= 15 is 0 Å². The zero-order valence-electron chi connectivity index (χ0n) is 12.6. The Morgan fingerprint density at radius 1 is 1.21 bits per heavy atom. The zero-order valence-corrected chi connectivity index (χ0v) is 14.1. The Morgan fingerprint density at radius 3 is 2.58 bits per heavy atom. The molecule has 2 aromatic carbocycles. The summed E-state index contributed by atoms with van der Waals surface area (Å²) >= 11 is 7.01. The SMILES string of the molecule is Cc1ccc(SNC(=O)NCc2ccccc2C(F)(F)F)cc1Cl. The van der Waals surface area contributed by atoms with Crippen LogP contribution in [0.4, 0.5) is 18.0 Å². The number of amides is 2. The Kier molecular flexibility index (Phi) is 6.01. The van der Waals surface area contributed by atoms with Crippen molar-refractivity contribution < 1.29 is 18.0 Å². The predicted molar refractivity (Wildman–Crippen MR) is 88.9 cm³/mol. The van der Waals surface area contributed by atoms with Gasteiger partial charge in [-0.15, -0.1) is 0 Å². The molecule has 0 fully saturated rings. The third kappa shape index (κ3) is 5.07. The highest BCUT2D eigenvalue weighted by atomic mass is 35.5. The standard InChI is InChI=1S/C16H14ClF3N2OS/c1-10-6-7-12(8-14(10)17)24-22-15(23)21-9-11-4-2-3-5-13(11)16(18,19)20/h2-8H,9H2,1H3,(H2,21,22,23). The molecule has 2 rings (SSSR count). The number of carbonyl (C=O) groups excluding carboxylic acids is 1. The molecule has 0 radical (unpaired) electrons. The Morgan fingerprint density at radius 2 is 1.92 bits per heavy atom. The maximum absolute atomic E-state index is 12.9. The van der Waals surface area contributed by atoms with Gasteiger partial charge < -0.3 is 5.32 Å². The molecular formula is C16H14ClF3N2OS. The molecule has 0 aliphatic rings. The summed E-state index contributed by atoms with van der Waals surface area (Å²) in [5.41, 5.74) is 0.154. The smallest absolute Gasteiger partial charge is 0.333 e. The monoisotopic (exact) mass is 374 g/mol. The average Bonchev–Trinajstić information content (AvgIpc) is 2.53. The fraction of sp³-hybridized carbons (Fsp3) is 0.188. The lowest BCUT2D eigenvalue weighted by Gasteiger charge is -2.13. The Balaban J connectivity index is 1.91. The molecule has 0 aliphatic carbocycles. The van der Waals surface area contributed by atoms with E-state index in [9.17, 15) is 18.0 Å². The van der Waals surface area contributed by atoms with E-state index in [1.54, 1.807) is 12.1 Å². The molecule has 2 N–H and O–H groups in total. The van der Waals surface area contributed by atoms with E-state index in [1.807, 2.05) is 13.0 Å². The average molecular weight is 375 g/mol. The van der Waals surface area contributed by atoms with E-state index in [-0.39, 0.29) is 12.1 Å². The second kappa shape index (κ2) is 7.81. The molecule has 128 valence electrons. The summed E-state index contributed by atoms with van der Waals surface area (Å²) < 4.78 is 41.1. The van der Waals surface area contributed by atoms with Crippen LogP contribution < -0.4 is 10.0 Å². The molecule has 0 unspecified atom stereocenters. The van der Waals surface area contributed by atoms with Crippen LogP contribution in [0.15, 0.2) is 47.4 Å². The zero-order chi connectivity index (χ0) is 17.7. The second-order valence-electron chi connectivity index (χ2n) is 4.95. The highest BCUT2D eigenvalue weighted by molar-refractivity contribution is 7.98. The van der Waals surface area contributed by atoms with E-state index in [4.69, 9.17) is 11.6 Å². The molecule has 24 heavy (non-hydrogen) atoms. The van der Waals surface area contributed by atoms with Gasteiger partial charge in [-0.05, 0) is 48.2 Å². The second-order valence-corrected chi connectivity index (χ2v) is 6.24. The van der Waals surface area contributed by atoms with Crippen LogP contribution in [0.5, 0.6) is 0 Å². The van der Waals surface area contributed by atoms with Crippen molar-refractivity contribution in [2.75, 3.05) is 0 Å². The van der Waals surface area contributed by atoms with E-state index in [0.29, 0.717) is 5.02 Å². The molecule has 0 aromatic heterocycles. The summed E-state index contributed by atoms with van der Waals surface area (Å²) in [6.07, 6.45) is -4.46. The fourth-order valence-electron chi connectivity index (χ4n) is 1.90. The summed E-state index contributed by atoms with van der Waals surface area (Å²) in [6, 6.07) is 9.81. The molecule has 2 amide bonds. The van der Waals surface area contributed by atoms with E-state index in [0.717, 1.165) is 28.5 Å². The molecule has 3 nitrogen and oxygen atoms in total. The van der Waals surface area contributed by atoms with Gasteiger partial charge in [0.25, 0.3) is 0 Å². The van der Waals surface area contributed by atoms with E-state index in [2.05, 4.69) is 10.0 Å². The Hall–Kier alpha value is -1.86. The number of nitrogens with one attached hydrogen (secondary N) is 2. The normalized spacial score (nSPS) is 11.2. The van der Waals surface area contributed by atoms with Crippen molar-refractivity contribution in [1.29, 1.82) is 0 Å². The number of hydrogen-bond acceptors (Lipinski definition) is 2. The Bertz CT molecular complexity index is 738. The Labute approximate surface area is 146 Å². The van der Waals surface area contributed by atoms with Gasteiger partial charge in [0.1, 0.15) is 0 Å². The van der Waals surface area contributed by atoms with Crippen LogP contribution in [0.1, 0.15) is 16.7 Å². The van der Waals surface area contributed by atoms with Gasteiger partial charge in [-0.1, -0.05) is 35.9 Å². The summed E-state index contributed by atoms with van der Waals surface area (Å²) in [7, 11) is 0. The van der Waals surface area contributed by atoms with Crippen LogP contribution in [0, 0.1) is 6.92 Å². The van der Waals surface area contributed by atoms with Crippen molar-refractivity contribution in [2.24, 2.45) is 0 Å². The van der Waals surface area contributed by atoms with Crippen LogP contribution in [0.2, 0.25) is 5.02 Å². The summed E-state index contributed by atoms with van der Waals surface area (Å²) in [4.78, 5) is 12.5. The van der Waals surface area contributed by atoms with Crippen LogP contribution >= 0.6 is 23.5 Å². The first-order valence-electron chi connectivity index (χ1n) is 6.89. The van der Waals surface area contributed by atoms with Crippen LogP contribution in [-0.2, 0) is 12.7 Å². The number of hydrogen-bond donors (Lipinski definition) is 2. The van der Waals surface area contributed by atoms with Crippen molar-refractivity contribution in [3.8, 4) is 0 Å². The van der Waals surface area contributed by atoms with Crippen LogP contribution in [-0.4, -0.2) is 6.03 Å². The first-order valence-corrected chi connectivity index (χ1v) is 8.09. The molecule has 0 bridgehead atoms. The highest BCUT2D eigenvalue weighted by Gasteiger charge is 2.32. The van der Waals surface area contributed by atoms with Gasteiger partial charge in [-0.2, -0.15) is 13.2 Å². The minimum atomic E-state index is -4.46. The molecular weight excluding hydrogens is 361 g/mol. The van der Waals surface area contributed by atoms with Gasteiger partial charge in [0.2, 0.25) is 0 Å². The minimum absolute atomic E-state index is 0.00327. The molecule has 8 heteroatoms. The van der Waals surface area contributed by atoms with Crippen molar-refractivity contribution >= 4 is 29.6 Å². The number of carbonyl (C=O) groups is 1. The number of alkyl halides is 3. The molecule has 0 spiro atoms. The number of rotatable bonds is 4. The molecule has 0 saturated carbocycles. The lowest BCUT2D eigenvalue weighted by atomic mass is 10.1. The predicted octanol–water partition coefficient (Wildman–Crippen LogP) is 5.17. The molecule has 0 aliphatic heterocycles. The van der Waals surface area contributed by atoms with Gasteiger partial charge in [-0.25, -0.2) is 4.79 Å². The maximum Gasteiger partial charge on any atom is 0.416 e. The van der Waals surface area contributed by atoms with Crippen molar-refractivity contribution in [3.63, 3.8) is 0 Å². The molecule has 0 atom stereocenters. The summed E-state index contributed by atoms with van der Waals surface area (Å²) in [6.45, 7) is 1.63. The van der Waals surface area contributed by atoms with Crippen molar-refractivity contribution in [3.05, 3.63) is 64.2 Å². The fourth-order valence-corrected chi connectivity index (χ4v) is 2.75. The molecule has 2 aromatic rings. The van der Waals surface area contributed by atoms with Gasteiger partial charge in [0, 0.05) is 16.5 Å².